The Morgan fingerprint density at radius 1 is 0.929 bits per heavy atom. The van der Waals surface area contributed by atoms with Gasteiger partial charge in [0.25, 0.3) is 0 Å². The number of aryl methyl sites for hydroxylation is 1. The molecule has 0 fully saturated rings. The molecule has 1 aliphatic heterocycles. The van der Waals surface area contributed by atoms with Crippen LogP contribution in [0.1, 0.15) is 58.1 Å². The molecule has 0 radical (unpaired) electrons. The number of hydrogen-bond donors (Lipinski definition) is 0. The second-order valence-electron chi connectivity index (χ2n) is 8.38. The number of allylic oxidation sites excluding steroid dienone is 1. The lowest BCUT2D eigenvalue weighted by atomic mass is 9.59. The third-order valence-electron chi connectivity index (χ3n) is 7.35. The van der Waals surface area contributed by atoms with Crippen LogP contribution in [0.15, 0.2) is 67.4 Å². The number of hydrogen-bond acceptors (Lipinski definition) is 0. The molecular formula is C27H32N+. The molecule has 2 aromatic carbocycles. The predicted octanol–water partition coefficient (Wildman–Crippen LogP) is 6.72. The molecule has 2 atom stereocenters. The quantitative estimate of drug-likeness (QED) is 0.347. The van der Waals surface area contributed by atoms with Crippen LogP contribution >= 0.6 is 0 Å². The number of rotatable bonds is 5. The first-order valence-electron chi connectivity index (χ1n) is 10.8. The fourth-order valence-electron chi connectivity index (χ4n) is 5.66. The average molecular weight is 371 g/mol. The molecule has 1 aromatic heterocycles. The Kier molecular flexibility index (Phi) is 4.65. The van der Waals surface area contributed by atoms with Crippen molar-refractivity contribution in [2.45, 2.75) is 64.3 Å². The number of fused-ring (bicyclic) bond motifs is 5. The molecule has 1 aliphatic rings. The average Bonchev–Trinajstić information content (AvgIpc) is 2.74. The zero-order valence-corrected chi connectivity index (χ0v) is 17.8. The topological polar surface area (TPSA) is 3.88 Å². The van der Waals surface area contributed by atoms with E-state index in [-0.39, 0.29) is 11.0 Å². The van der Waals surface area contributed by atoms with Crippen molar-refractivity contribution in [3.8, 4) is 11.3 Å². The molecule has 2 heterocycles. The Morgan fingerprint density at radius 3 is 2.39 bits per heavy atom. The predicted molar refractivity (Wildman–Crippen MR) is 120 cm³/mol. The summed E-state index contributed by atoms with van der Waals surface area (Å²) in [6.07, 6.45) is 8.91. The van der Waals surface area contributed by atoms with Crippen molar-refractivity contribution in [2.75, 3.05) is 0 Å². The van der Waals surface area contributed by atoms with Crippen LogP contribution in [-0.4, -0.2) is 0 Å². The van der Waals surface area contributed by atoms with Crippen molar-refractivity contribution in [3.05, 3.63) is 78.5 Å². The van der Waals surface area contributed by atoms with E-state index in [4.69, 9.17) is 0 Å². The number of aromatic nitrogens is 1. The third-order valence-corrected chi connectivity index (χ3v) is 7.35. The maximum absolute atomic E-state index is 4.35. The molecule has 28 heavy (non-hydrogen) atoms. The van der Waals surface area contributed by atoms with Gasteiger partial charge in [-0.25, -0.2) is 0 Å². The van der Waals surface area contributed by atoms with Crippen molar-refractivity contribution in [1.82, 2.24) is 0 Å². The molecule has 0 saturated carbocycles. The van der Waals surface area contributed by atoms with Crippen LogP contribution in [0.25, 0.3) is 22.0 Å². The highest BCUT2D eigenvalue weighted by atomic mass is 15.1. The minimum Gasteiger partial charge on any atom is -0.188 e. The van der Waals surface area contributed by atoms with Gasteiger partial charge in [-0.05, 0) is 54.5 Å². The highest BCUT2D eigenvalue weighted by molar-refractivity contribution is 5.96. The van der Waals surface area contributed by atoms with E-state index in [2.05, 4.69) is 99.6 Å². The van der Waals surface area contributed by atoms with Gasteiger partial charge in [-0.3, -0.25) is 0 Å². The van der Waals surface area contributed by atoms with Gasteiger partial charge >= 0.3 is 0 Å². The fourth-order valence-corrected chi connectivity index (χ4v) is 5.66. The Bertz CT molecular complexity index is 1050. The number of pyridine rings is 1. The summed E-state index contributed by atoms with van der Waals surface area (Å²) in [7, 11) is 0. The SMILES string of the molecule is C=CC1(CC)[n+]2ccc3c(CCC)cccc3c2-c2ccccc2C1(C)CC. The zero-order chi connectivity index (χ0) is 19.9. The molecule has 0 bridgehead atoms. The van der Waals surface area contributed by atoms with Crippen molar-refractivity contribution in [1.29, 1.82) is 0 Å². The summed E-state index contributed by atoms with van der Waals surface area (Å²) in [5, 5.41) is 2.75. The van der Waals surface area contributed by atoms with E-state index in [1.807, 2.05) is 0 Å². The van der Waals surface area contributed by atoms with Gasteiger partial charge in [-0.15, -0.1) is 0 Å². The lowest BCUT2D eigenvalue weighted by molar-refractivity contribution is -0.755. The minimum atomic E-state index is -0.139. The zero-order valence-electron chi connectivity index (χ0n) is 17.8. The standard InChI is InChI=1S/C27H32N/c1-6-13-20-14-12-16-22-21(20)18-19-28-25(22)23-15-10-11-17-24(23)26(5,7-2)27(28,8-3)9-4/h8,10-12,14-19H,3,6-7,9,13H2,1-2,4-5H3/q+1. The second kappa shape index (κ2) is 6.88. The molecule has 0 spiro atoms. The van der Waals surface area contributed by atoms with E-state index in [1.54, 1.807) is 0 Å². The van der Waals surface area contributed by atoms with Gasteiger partial charge in [0.15, 0.2) is 11.7 Å². The summed E-state index contributed by atoms with van der Waals surface area (Å²) in [4.78, 5) is 0. The van der Waals surface area contributed by atoms with Gasteiger partial charge in [0, 0.05) is 12.5 Å². The van der Waals surface area contributed by atoms with Crippen molar-refractivity contribution in [2.24, 2.45) is 0 Å². The Balaban J connectivity index is 2.19. The number of benzene rings is 2. The molecule has 1 nitrogen and oxygen atoms in total. The molecule has 0 amide bonds. The molecule has 1 heteroatoms. The molecule has 0 saturated heterocycles. The van der Waals surface area contributed by atoms with Gasteiger partial charge in [-0.1, -0.05) is 64.1 Å². The van der Waals surface area contributed by atoms with Gasteiger partial charge in [0.2, 0.25) is 5.69 Å². The lowest BCUT2D eigenvalue weighted by Gasteiger charge is -2.46. The van der Waals surface area contributed by atoms with Crippen LogP contribution in [0.5, 0.6) is 0 Å². The van der Waals surface area contributed by atoms with Crippen LogP contribution in [0.2, 0.25) is 0 Å². The molecule has 0 N–H and O–H groups in total. The normalized spacial score (nSPS) is 23.3. The van der Waals surface area contributed by atoms with Crippen molar-refractivity contribution < 1.29 is 4.57 Å². The highest BCUT2D eigenvalue weighted by Gasteiger charge is 2.57. The van der Waals surface area contributed by atoms with Crippen LogP contribution < -0.4 is 4.57 Å². The maximum Gasteiger partial charge on any atom is 0.221 e. The van der Waals surface area contributed by atoms with Crippen LogP contribution in [-0.2, 0) is 17.4 Å². The van der Waals surface area contributed by atoms with Gasteiger partial charge in [0.05, 0.1) is 16.4 Å². The largest absolute Gasteiger partial charge is 0.221 e. The molecule has 4 rings (SSSR count). The maximum atomic E-state index is 4.35. The lowest BCUT2D eigenvalue weighted by Crippen LogP contribution is -2.68. The second-order valence-corrected chi connectivity index (χ2v) is 8.38. The molecular weight excluding hydrogens is 338 g/mol. The molecule has 0 aliphatic carbocycles. The monoisotopic (exact) mass is 370 g/mol. The van der Waals surface area contributed by atoms with Gasteiger partial charge in [0.1, 0.15) is 0 Å². The van der Waals surface area contributed by atoms with E-state index >= 15 is 0 Å². The summed E-state index contributed by atoms with van der Waals surface area (Å²) >= 11 is 0. The summed E-state index contributed by atoms with van der Waals surface area (Å²) < 4.78 is 2.53. The van der Waals surface area contributed by atoms with Crippen molar-refractivity contribution in [3.63, 3.8) is 0 Å². The Morgan fingerprint density at radius 2 is 1.71 bits per heavy atom. The van der Waals surface area contributed by atoms with Crippen LogP contribution in [0.4, 0.5) is 0 Å². The number of nitrogens with zero attached hydrogens (tertiary/aromatic N) is 1. The summed E-state index contributed by atoms with van der Waals surface area (Å²) in [5.74, 6) is 0. The van der Waals surface area contributed by atoms with E-state index < -0.39 is 0 Å². The molecule has 3 aromatic rings. The third kappa shape index (κ3) is 2.28. The first-order valence-corrected chi connectivity index (χ1v) is 10.8. The first-order chi connectivity index (χ1) is 13.6. The molecule has 2 unspecified atom stereocenters. The van der Waals surface area contributed by atoms with E-state index in [9.17, 15) is 0 Å². The summed E-state index contributed by atoms with van der Waals surface area (Å²) in [6.45, 7) is 13.6. The van der Waals surface area contributed by atoms with Gasteiger partial charge < -0.3 is 0 Å². The first kappa shape index (κ1) is 18.9. The van der Waals surface area contributed by atoms with E-state index in [1.165, 1.54) is 39.6 Å². The smallest absolute Gasteiger partial charge is 0.188 e. The summed E-state index contributed by atoms with van der Waals surface area (Å²) in [6, 6.07) is 18.2. The Hall–Kier alpha value is -2.41. The van der Waals surface area contributed by atoms with E-state index in [0.717, 1.165) is 19.3 Å². The minimum absolute atomic E-state index is 0.00641. The highest BCUT2D eigenvalue weighted by Crippen LogP contribution is 2.51. The van der Waals surface area contributed by atoms with E-state index in [0.29, 0.717) is 0 Å². The van der Waals surface area contributed by atoms with Gasteiger partial charge in [-0.2, -0.15) is 4.57 Å². The molecule has 144 valence electrons. The summed E-state index contributed by atoms with van der Waals surface area (Å²) in [5.41, 5.74) is 5.49. The fraction of sp³-hybridized carbons (Fsp3) is 0.370. The Labute approximate surface area is 169 Å². The van der Waals surface area contributed by atoms with Crippen LogP contribution in [0, 0.1) is 0 Å². The van der Waals surface area contributed by atoms with Crippen molar-refractivity contribution >= 4 is 10.8 Å². The van der Waals surface area contributed by atoms with Crippen LogP contribution in [0.3, 0.4) is 0 Å².